The van der Waals surface area contributed by atoms with Gasteiger partial charge in [0.15, 0.2) is 0 Å². The maximum absolute atomic E-state index is 11.7. The van der Waals surface area contributed by atoms with Crippen molar-refractivity contribution in [2.45, 2.75) is 12.8 Å². The molecule has 3 rings (SSSR count). The zero-order valence-electron chi connectivity index (χ0n) is 10.9. The molecule has 3 heteroatoms. The van der Waals surface area contributed by atoms with E-state index in [0.29, 0.717) is 6.42 Å². The smallest absolute Gasteiger partial charge is 0.231 e. The molecule has 0 spiro atoms. The first-order valence-electron chi connectivity index (χ1n) is 6.36. The van der Waals surface area contributed by atoms with Crippen molar-refractivity contribution >= 4 is 17.3 Å². The Morgan fingerprint density at radius 3 is 2.53 bits per heavy atom. The predicted molar refractivity (Wildman–Crippen MR) is 77.2 cm³/mol. The third kappa shape index (κ3) is 2.19. The van der Waals surface area contributed by atoms with E-state index in [1.807, 2.05) is 37.4 Å². The number of nitrogens with two attached hydrogens (primary N) is 1. The van der Waals surface area contributed by atoms with Gasteiger partial charge in [-0.05, 0) is 41.3 Å². The van der Waals surface area contributed by atoms with Crippen LogP contribution in [0.5, 0.6) is 0 Å². The minimum atomic E-state index is 0.166. The molecule has 96 valence electrons. The lowest BCUT2D eigenvalue weighted by molar-refractivity contribution is -0.117. The third-order valence-corrected chi connectivity index (χ3v) is 3.61. The first-order chi connectivity index (χ1) is 9.13. The summed E-state index contributed by atoms with van der Waals surface area (Å²) in [6.45, 7) is 0. The fraction of sp³-hybridized carbons (Fsp3) is 0.188. The van der Waals surface area contributed by atoms with E-state index >= 15 is 0 Å². The van der Waals surface area contributed by atoms with E-state index in [2.05, 4.69) is 12.1 Å². The van der Waals surface area contributed by atoms with Crippen LogP contribution in [0, 0.1) is 0 Å². The van der Waals surface area contributed by atoms with Crippen LogP contribution in [0.3, 0.4) is 0 Å². The molecule has 2 aromatic carbocycles. The lowest BCUT2D eigenvalue weighted by Crippen LogP contribution is -2.20. The molecule has 1 heterocycles. The number of carbonyl (C=O) groups excluding carboxylic acids is 1. The molecular weight excluding hydrogens is 236 g/mol. The van der Waals surface area contributed by atoms with Crippen molar-refractivity contribution in [3.05, 3.63) is 59.2 Å². The molecule has 0 fully saturated rings. The number of nitrogen functional groups attached to an aromatic ring is 1. The highest BCUT2D eigenvalue weighted by Crippen LogP contribution is 2.29. The minimum Gasteiger partial charge on any atom is -0.399 e. The van der Waals surface area contributed by atoms with E-state index in [0.717, 1.165) is 23.4 Å². The summed E-state index contributed by atoms with van der Waals surface area (Å²) < 4.78 is 0. The molecule has 0 saturated carbocycles. The number of fused-ring (bicyclic) bond motifs is 1. The Morgan fingerprint density at radius 1 is 1.11 bits per heavy atom. The van der Waals surface area contributed by atoms with Crippen LogP contribution < -0.4 is 10.6 Å². The van der Waals surface area contributed by atoms with Crippen molar-refractivity contribution < 1.29 is 4.79 Å². The van der Waals surface area contributed by atoms with E-state index in [4.69, 9.17) is 5.73 Å². The second-order valence-corrected chi connectivity index (χ2v) is 5.01. The number of carbonyl (C=O) groups is 1. The number of hydrogen-bond donors (Lipinski definition) is 1. The van der Waals surface area contributed by atoms with Crippen molar-refractivity contribution in [3.8, 4) is 0 Å². The Labute approximate surface area is 112 Å². The van der Waals surface area contributed by atoms with Gasteiger partial charge in [-0.25, -0.2) is 0 Å². The molecule has 1 aliphatic rings. The second kappa shape index (κ2) is 4.43. The van der Waals surface area contributed by atoms with Gasteiger partial charge in [-0.3, -0.25) is 4.79 Å². The molecule has 3 nitrogen and oxygen atoms in total. The lowest BCUT2D eigenvalue weighted by atomic mass is 10.0. The van der Waals surface area contributed by atoms with Crippen molar-refractivity contribution in [1.29, 1.82) is 0 Å². The highest BCUT2D eigenvalue weighted by atomic mass is 16.2. The predicted octanol–water partition coefficient (Wildman–Crippen LogP) is 2.38. The van der Waals surface area contributed by atoms with Gasteiger partial charge in [0, 0.05) is 18.4 Å². The van der Waals surface area contributed by atoms with Crippen molar-refractivity contribution in [2.75, 3.05) is 17.7 Å². The minimum absolute atomic E-state index is 0.166. The van der Waals surface area contributed by atoms with Gasteiger partial charge < -0.3 is 10.6 Å². The molecule has 0 atom stereocenters. The van der Waals surface area contributed by atoms with Crippen LogP contribution in [0.1, 0.15) is 16.7 Å². The number of anilines is 2. The Morgan fingerprint density at radius 2 is 1.79 bits per heavy atom. The SMILES string of the molecule is CN1C(=O)Cc2cc(Cc3ccc(N)cc3)ccc21. The normalized spacial score (nSPS) is 13.7. The van der Waals surface area contributed by atoms with Gasteiger partial charge in [-0.1, -0.05) is 24.3 Å². The molecule has 1 amide bonds. The molecule has 0 saturated heterocycles. The second-order valence-electron chi connectivity index (χ2n) is 5.01. The van der Waals surface area contributed by atoms with Gasteiger partial charge in [-0.2, -0.15) is 0 Å². The van der Waals surface area contributed by atoms with Crippen molar-refractivity contribution in [3.63, 3.8) is 0 Å². The van der Waals surface area contributed by atoms with Gasteiger partial charge in [0.25, 0.3) is 0 Å². The molecule has 0 unspecified atom stereocenters. The van der Waals surface area contributed by atoms with E-state index < -0.39 is 0 Å². The van der Waals surface area contributed by atoms with Gasteiger partial charge in [0.05, 0.1) is 6.42 Å². The van der Waals surface area contributed by atoms with Crippen LogP contribution in [0.4, 0.5) is 11.4 Å². The van der Waals surface area contributed by atoms with Gasteiger partial charge in [0.2, 0.25) is 5.91 Å². The zero-order chi connectivity index (χ0) is 13.4. The Hall–Kier alpha value is -2.29. The number of benzene rings is 2. The van der Waals surface area contributed by atoms with E-state index in [9.17, 15) is 4.79 Å². The molecule has 0 aliphatic carbocycles. The quantitative estimate of drug-likeness (QED) is 0.834. The van der Waals surface area contributed by atoms with E-state index in [1.54, 1.807) is 4.90 Å². The van der Waals surface area contributed by atoms with Crippen molar-refractivity contribution in [1.82, 2.24) is 0 Å². The number of hydrogen-bond acceptors (Lipinski definition) is 2. The van der Waals surface area contributed by atoms with E-state index in [-0.39, 0.29) is 5.91 Å². The largest absolute Gasteiger partial charge is 0.399 e. The van der Waals surface area contributed by atoms with Crippen LogP contribution in [-0.4, -0.2) is 13.0 Å². The van der Waals surface area contributed by atoms with Gasteiger partial charge in [-0.15, -0.1) is 0 Å². The number of amides is 1. The summed E-state index contributed by atoms with van der Waals surface area (Å²) in [5.41, 5.74) is 11.1. The first-order valence-corrected chi connectivity index (χ1v) is 6.36. The molecule has 0 radical (unpaired) electrons. The van der Waals surface area contributed by atoms with Crippen LogP contribution in [0.15, 0.2) is 42.5 Å². The van der Waals surface area contributed by atoms with E-state index in [1.165, 1.54) is 11.1 Å². The monoisotopic (exact) mass is 252 g/mol. The lowest BCUT2D eigenvalue weighted by Gasteiger charge is -2.10. The maximum Gasteiger partial charge on any atom is 0.231 e. The Bertz CT molecular complexity index is 632. The fourth-order valence-electron chi connectivity index (χ4n) is 2.50. The fourth-order valence-corrected chi connectivity index (χ4v) is 2.50. The summed E-state index contributed by atoms with van der Waals surface area (Å²) in [7, 11) is 1.83. The van der Waals surface area contributed by atoms with Crippen LogP contribution in [0.25, 0.3) is 0 Å². The average Bonchev–Trinajstić information content (AvgIpc) is 2.68. The summed E-state index contributed by atoms with van der Waals surface area (Å²) in [4.78, 5) is 13.4. The molecule has 2 aromatic rings. The van der Waals surface area contributed by atoms with Crippen LogP contribution >= 0.6 is 0 Å². The summed E-state index contributed by atoms with van der Waals surface area (Å²) in [5, 5.41) is 0. The third-order valence-electron chi connectivity index (χ3n) is 3.61. The first kappa shape index (κ1) is 11.8. The number of nitrogens with zero attached hydrogens (tertiary/aromatic N) is 1. The zero-order valence-corrected chi connectivity index (χ0v) is 10.9. The summed E-state index contributed by atoms with van der Waals surface area (Å²) in [6.07, 6.45) is 1.38. The highest BCUT2D eigenvalue weighted by molar-refractivity contribution is 6.00. The Kier molecular flexibility index (Phi) is 2.75. The molecule has 2 N–H and O–H groups in total. The van der Waals surface area contributed by atoms with Crippen LogP contribution in [0.2, 0.25) is 0 Å². The van der Waals surface area contributed by atoms with Crippen molar-refractivity contribution in [2.24, 2.45) is 0 Å². The molecule has 1 aliphatic heterocycles. The summed E-state index contributed by atoms with van der Waals surface area (Å²) >= 11 is 0. The molecule has 19 heavy (non-hydrogen) atoms. The Balaban J connectivity index is 1.86. The number of rotatable bonds is 2. The standard InChI is InChI=1S/C16H16N2O/c1-18-15-7-4-12(9-13(15)10-16(18)19)8-11-2-5-14(17)6-3-11/h2-7,9H,8,10,17H2,1H3. The highest BCUT2D eigenvalue weighted by Gasteiger charge is 2.23. The molecular formula is C16H16N2O. The molecule has 0 aromatic heterocycles. The maximum atomic E-state index is 11.7. The average molecular weight is 252 g/mol. The molecule has 0 bridgehead atoms. The summed E-state index contributed by atoms with van der Waals surface area (Å²) in [6, 6.07) is 14.2. The summed E-state index contributed by atoms with van der Waals surface area (Å²) in [5.74, 6) is 0.166. The number of likely N-dealkylation sites (N-methyl/N-ethyl adjacent to an activating group) is 1. The van der Waals surface area contributed by atoms with Gasteiger partial charge in [0.1, 0.15) is 0 Å². The topological polar surface area (TPSA) is 46.3 Å². The van der Waals surface area contributed by atoms with Crippen LogP contribution in [-0.2, 0) is 17.6 Å². The van der Waals surface area contributed by atoms with Gasteiger partial charge >= 0.3 is 0 Å².